The van der Waals surface area contributed by atoms with E-state index in [-0.39, 0.29) is 31.1 Å². The SMILES string of the molecule is CCCCCC(C(COC(=O)CC)c1cccc2ccccc12)P(=O)(O)Cc1ccccc1. The van der Waals surface area contributed by atoms with Crippen LogP contribution in [0.15, 0.2) is 72.8 Å². The highest BCUT2D eigenvalue weighted by atomic mass is 31.2. The van der Waals surface area contributed by atoms with Gasteiger partial charge >= 0.3 is 5.97 Å². The van der Waals surface area contributed by atoms with Gasteiger partial charge in [0.1, 0.15) is 0 Å². The second-order valence-corrected chi connectivity index (χ2v) is 11.2. The first-order valence-corrected chi connectivity index (χ1v) is 13.9. The molecule has 0 aliphatic carbocycles. The lowest BCUT2D eigenvalue weighted by Crippen LogP contribution is -2.26. The van der Waals surface area contributed by atoms with Crippen molar-refractivity contribution in [2.24, 2.45) is 0 Å². The molecule has 1 N–H and O–H groups in total. The number of carbonyl (C=O) groups excluding carboxylic acids is 1. The van der Waals surface area contributed by atoms with E-state index in [0.717, 1.165) is 41.2 Å². The lowest BCUT2D eigenvalue weighted by atomic mass is 9.89. The van der Waals surface area contributed by atoms with Crippen LogP contribution in [0.3, 0.4) is 0 Å². The monoisotopic (exact) mass is 466 g/mol. The predicted molar refractivity (Wildman–Crippen MR) is 136 cm³/mol. The first-order chi connectivity index (χ1) is 16.0. The Morgan fingerprint density at radius 3 is 2.36 bits per heavy atom. The van der Waals surface area contributed by atoms with Crippen molar-refractivity contribution in [1.82, 2.24) is 0 Å². The number of unbranched alkanes of at least 4 members (excludes halogenated alkanes) is 2. The molecule has 0 aliphatic rings. The summed E-state index contributed by atoms with van der Waals surface area (Å²) in [6.07, 6.45) is 3.91. The van der Waals surface area contributed by atoms with E-state index in [0.29, 0.717) is 6.42 Å². The van der Waals surface area contributed by atoms with Gasteiger partial charge < -0.3 is 9.63 Å². The molecule has 0 heterocycles. The molecule has 3 rings (SSSR count). The zero-order chi connectivity index (χ0) is 23.7. The highest BCUT2D eigenvalue weighted by Gasteiger charge is 2.39. The summed E-state index contributed by atoms with van der Waals surface area (Å²) in [5, 5.41) is 2.11. The lowest BCUT2D eigenvalue weighted by Gasteiger charge is -2.32. The predicted octanol–water partition coefficient (Wildman–Crippen LogP) is 7.30. The number of hydrogen-bond acceptors (Lipinski definition) is 3. The summed E-state index contributed by atoms with van der Waals surface area (Å²) in [5.41, 5.74) is 1.33. The molecule has 3 aromatic carbocycles. The van der Waals surface area contributed by atoms with E-state index in [1.54, 1.807) is 6.92 Å². The van der Waals surface area contributed by atoms with Gasteiger partial charge in [-0.1, -0.05) is 106 Å². The molecule has 3 aromatic rings. The summed E-state index contributed by atoms with van der Waals surface area (Å²) in [6.45, 7) is 4.00. The van der Waals surface area contributed by atoms with Gasteiger partial charge in [-0.05, 0) is 28.3 Å². The molecular formula is C28H35O4P. The van der Waals surface area contributed by atoms with Gasteiger partial charge in [-0.3, -0.25) is 9.36 Å². The minimum atomic E-state index is -3.62. The van der Waals surface area contributed by atoms with Crippen LogP contribution in [0.5, 0.6) is 0 Å². The van der Waals surface area contributed by atoms with Gasteiger partial charge in [-0.2, -0.15) is 0 Å². The van der Waals surface area contributed by atoms with Crippen molar-refractivity contribution in [1.29, 1.82) is 0 Å². The van der Waals surface area contributed by atoms with Gasteiger partial charge in [0.2, 0.25) is 7.37 Å². The standard InChI is InChI=1S/C28H35O4P/c1-3-5-7-19-27(33(30,31)21-22-13-8-6-9-14-22)26(20-32-28(29)4-2)25-18-12-16-23-15-10-11-17-24(23)25/h6,8-18,26-27H,3-5,7,19-21H2,1-2H3,(H,30,31). The molecule has 0 aromatic heterocycles. The minimum Gasteiger partial charge on any atom is -0.465 e. The Balaban J connectivity index is 2.05. The zero-order valence-corrected chi connectivity index (χ0v) is 20.5. The van der Waals surface area contributed by atoms with E-state index in [4.69, 9.17) is 4.74 Å². The van der Waals surface area contributed by atoms with Gasteiger partial charge in [0.25, 0.3) is 0 Å². The maximum atomic E-state index is 14.0. The van der Waals surface area contributed by atoms with Crippen LogP contribution in [0.4, 0.5) is 0 Å². The lowest BCUT2D eigenvalue weighted by molar-refractivity contribution is -0.143. The third-order valence-electron chi connectivity index (χ3n) is 6.27. The van der Waals surface area contributed by atoms with E-state index in [9.17, 15) is 14.3 Å². The molecule has 4 nitrogen and oxygen atoms in total. The van der Waals surface area contributed by atoms with Crippen LogP contribution in [-0.4, -0.2) is 23.1 Å². The fraction of sp³-hybridized carbons (Fsp3) is 0.393. The maximum Gasteiger partial charge on any atom is 0.305 e. The third kappa shape index (κ3) is 6.79. The molecule has 0 bridgehead atoms. The Labute approximate surface area is 197 Å². The maximum absolute atomic E-state index is 14.0. The summed E-state index contributed by atoms with van der Waals surface area (Å²) < 4.78 is 19.6. The second-order valence-electron chi connectivity index (χ2n) is 8.67. The normalized spacial score (nSPS) is 15.0. The number of fused-ring (bicyclic) bond motifs is 1. The molecule has 5 heteroatoms. The highest BCUT2D eigenvalue weighted by molar-refractivity contribution is 7.58. The molecular weight excluding hydrogens is 431 g/mol. The number of benzene rings is 3. The molecule has 3 atom stereocenters. The van der Waals surface area contributed by atoms with Gasteiger partial charge in [0.05, 0.1) is 6.61 Å². The summed E-state index contributed by atoms with van der Waals surface area (Å²) in [7, 11) is -3.62. The van der Waals surface area contributed by atoms with Gasteiger partial charge in [-0.15, -0.1) is 0 Å². The average molecular weight is 467 g/mol. The van der Waals surface area contributed by atoms with Crippen molar-refractivity contribution < 1.29 is 19.0 Å². The quantitative estimate of drug-likeness (QED) is 0.173. The molecule has 0 fully saturated rings. The zero-order valence-electron chi connectivity index (χ0n) is 19.7. The van der Waals surface area contributed by atoms with Gasteiger partial charge in [0.15, 0.2) is 0 Å². The Morgan fingerprint density at radius 2 is 1.64 bits per heavy atom. The number of hydrogen-bond donors (Lipinski definition) is 1. The Morgan fingerprint density at radius 1 is 0.939 bits per heavy atom. The molecule has 3 unspecified atom stereocenters. The van der Waals surface area contributed by atoms with Gasteiger partial charge in [0, 0.05) is 24.2 Å². The van der Waals surface area contributed by atoms with Crippen LogP contribution in [-0.2, 0) is 20.3 Å². The van der Waals surface area contributed by atoms with Crippen molar-refractivity contribution in [2.45, 2.75) is 63.7 Å². The van der Waals surface area contributed by atoms with Crippen LogP contribution in [0.2, 0.25) is 0 Å². The Kier molecular flexibility index (Phi) is 9.29. The summed E-state index contributed by atoms with van der Waals surface area (Å²) >= 11 is 0. The smallest absolute Gasteiger partial charge is 0.305 e. The highest BCUT2D eigenvalue weighted by Crippen LogP contribution is 2.56. The molecule has 0 aliphatic heterocycles. The average Bonchev–Trinajstić information content (AvgIpc) is 2.83. The fourth-order valence-corrected chi connectivity index (χ4v) is 6.88. The molecule has 0 radical (unpaired) electrons. The van der Waals surface area contributed by atoms with Gasteiger partial charge in [-0.25, -0.2) is 0 Å². The van der Waals surface area contributed by atoms with Crippen LogP contribution >= 0.6 is 7.37 Å². The molecule has 176 valence electrons. The first-order valence-electron chi connectivity index (χ1n) is 11.9. The third-order valence-corrected chi connectivity index (χ3v) is 8.75. The number of carbonyl (C=O) groups is 1. The molecule has 33 heavy (non-hydrogen) atoms. The topological polar surface area (TPSA) is 63.6 Å². The van der Waals surface area contributed by atoms with Crippen molar-refractivity contribution in [3.05, 3.63) is 83.9 Å². The van der Waals surface area contributed by atoms with E-state index in [1.807, 2.05) is 72.8 Å². The van der Waals surface area contributed by atoms with E-state index >= 15 is 0 Å². The van der Waals surface area contributed by atoms with Crippen LogP contribution in [0.25, 0.3) is 10.8 Å². The largest absolute Gasteiger partial charge is 0.465 e. The molecule has 0 saturated carbocycles. The van der Waals surface area contributed by atoms with E-state index in [2.05, 4.69) is 6.92 Å². The van der Waals surface area contributed by atoms with Crippen molar-refractivity contribution >= 4 is 24.1 Å². The molecule has 0 saturated heterocycles. The number of rotatable bonds is 12. The second kappa shape index (κ2) is 12.2. The fourth-order valence-electron chi connectivity index (χ4n) is 4.52. The molecule has 0 amide bonds. The van der Waals surface area contributed by atoms with E-state index in [1.165, 1.54) is 0 Å². The van der Waals surface area contributed by atoms with Crippen molar-refractivity contribution in [3.8, 4) is 0 Å². The Bertz CT molecular complexity index is 1070. The van der Waals surface area contributed by atoms with Crippen LogP contribution in [0.1, 0.15) is 63.0 Å². The van der Waals surface area contributed by atoms with E-state index < -0.39 is 13.0 Å². The minimum absolute atomic E-state index is 0.108. The first kappa shape index (κ1) is 25.2. The summed E-state index contributed by atoms with van der Waals surface area (Å²) in [6, 6.07) is 23.6. The number of esters is 1. The summed E-state index contributed by atoms with van der Waals surface area (Å²) in [5.74, 6) is -0.647. The van der Waals surface area contributed by atoms with Crippen molar-refractivity contribution in [3.63, 3.8) is 0 Å². The summed E-state index contributed by atoms with van der Waals surface area (Å²) in [4.78, 5) is 23.5. The molecule has 0 spiro atoms. The van der Waals surface area contributed by atoms with Crippen LogP contribution < -0.4 is 0 Å². The number of ether oxygens (including phenoxy) is 1. The van der Waals surface area contributed by atoms with Crippen LogP contribution in [0, 0.1) is 0 Å². The van der Waals surface area contributed by atoms with Crippen molar-refractivity contribution in [2.75, 3.05) is 6.61 Å². The Hall–Kier alpha value is -2.42.